The molecule has 1 saturated heterocycles. The summed E-state index contributed by atoms with van der Waals surface area (Å²) >= 11 is 8.43. The standard InChI is InChI=1S/C11H16ClNO4S4/c1-2-20(14,15)11-8-18-4-3-13(11)21(16,17)10-5-9(6-12)19-7-10/h5,7,11H,2-4,6,8H2,1H3. The van der Waals surface area contributed by atoms with E-state index in [-0.39, 0.29) is 28.8 Å². The van der Waals surface area contributed by atoms with E-state index >= 15 is 0 Å². The summed E-state index contributed by atoms with van der Waals surface area (Å²) in [7, 11) is -7.26. The van der Waals surface area contributed by atoms with Crippen molar-refractivity contribution < 1.29 is 16.8 Å². The number of rotatable bonds is 5. The van der Waals surface area contributed by atoms with Crippen molar-refractivity contribution in [3.8, 4) is 0 Å². The zero-order valence-electron chi connectivity index (χ0n) is 11.4. The average molecular weight is 390 g/mol. The molecule has 1 aliphatic rings. The van der Waals surface area contributed by atoms with Gasteiger partial charge in [-0.25, -0.2) is 16.8 Å². The number of sulfonamides is 1. The van der Waals surface area contributed by atoms with Crippen LogP contribution in [0.1, 0.15) is 11.8 Å². The van der Waals surface area contributed by atoms with Crippen molar-refractivity contribution >= 4 is 54.6 Å². The molecule has 120 valence electrons. The zero-order valence-corrected chi connectivity index (χ0v) is 15.4. The summed E-state index contributed by atoms with van der Waals surface area (Å²) < 4.78 is 50.9. The first-order chi connectivity index (χ1) is 9.82. The highest BCUT2D eigenvalue weighted by atomic mass is 35.5. The Morgan fingerprint density at radius 3 is 2.67 bits per heavy atom. The third-order valence-corrected chi connectivity index (χ3v) is 10.1. The van der Waals surface area contributed by atoms with Crippen LogP contribution in [0, 0.1) is 0 Å². The highest BCUT2D eigenvalue weighted by Crippen LogP contribution is 2.30. The molecule has 0 N–H and O–H groups in total. The predicted octanol–water partition coefficient (Wildman–Crippen LogP) is 1.99. The van der Waals surface area contributed by atoms with Crippen molar-refractivity contribution in [2.45, 2.75) is 23.1 Å². The van der Waals surface area contributed by atoms with Gasteiger partial charge >= 0.3 is 0 Å². The monoisotopic (exact) mass is 389 g/mol. The normalized spacial score (nSPS) is 21.5. The van der Waals surface area contributed by atoms with Crippen LogP contribution in [0.2, 0.25) is 0 Å². The van der Waals surface area contributed by atoms with Crippen LogP contribution >= 0.6 is 34.7 Å². The van der Waals surface area contributed by atoms with Gasteiger partial charge in [0.25, 0.3) is 0 Å². The van der Waals surface area contributed by atoms with Crippen LogP contribution in [0.3, 0.4) is 0 Å². The lowest BCUT2D eigenvalue weighted by Crippen LogP contribution is -2.50. The minimum atomic E-state index is -3.80. The Hall–Kier alpha value is 0.200. The second-order valence-corrected chi connectivity index (χ2v) is 11.2. The lowest BCUT2D eigenvalue weighted by atomic mass is 10.5. The molecule has 1 aliphatic heterocycles. The van der Waals surface area contributed by atoms with Gasteiger partial charge in [0.2, 0.25) is 10.0 Å². The number of halogens is 1. The van der Waals surface area contributed by atoms with E-state index in [1.54, 1.807) is 0 Å². The van der Waals surface area contributed by atoms with Crippen LogP contribution in [0.25, 0.3) is 0 Å². The van der Waals surface area contributed by atoms with E-state index in [9.17, 15) is 16.8 Å². The van der Waals surface area contributed by atoms with Gasteiger partial charge in [-0.1, -0.05) is 6.92 Å². The van der Waals surface area contributed by atoms with Crippen molar-refractivity contribution in [3.05, 3.63) is 16.3 Å². The van der Waals surface area contributed by atoms with Crippen LogP contribution in [-0.4, -0.2) is 50.3 Å². The first kappa shape index (κ1) is 17.6. The maximum Gasteiger partial charge on any atom is 0.245 e. The molecule has 0 bridgehead atoms. The number of thioether (sulfide) groups is 1. The number of sulfone groups is 1. The predicted molar refractivity (Wildman–Crippen MR) is 88.3 cm³/mol. The van der Waals surface area contributed by atoms with Gasteiger partial charge in [0, 0.05) is 34.1 Å². The number of hydrogen-bond donors (Lipinski definition) is 0. The molecule has 0 spiro atoms. The minimum absolute atomic E-state index is 0.0686. The highest BCUT2D eigenvalue weighted by Gasteiger charge is 2.40. The molecule has 0 aliphatic carbocycles. The van der Waals surface area contributed by atoms with E-state index in [4.69, 9.17) is 11.6 Å². The maximum atomic E-state index is 12.7. The number of alkyl halides is 1. The summed E-state index contributed by atoms with van der Waals surface area (Å²) in [4.78, 5) is 0.878. The van der Waals surface area contributed by atoms with E-state index in [0.717, 1.165) is 9.18 Å². The molecule has 1 aromatic heterocycles. The molecular formula is C11H16ClNO4S4. The first-order valence-corrected chi connectivity index (χ1v) is 12.0. The van der Waals surface area contributed by atoms with Gasteiger partial charge in [0.05, 0.1) is 10.8 Å². The molecule has 0 saturated carbocycles. The van der Waals surface area contributed by atoms with Crippen LogP contribution in [0.15, 0.2) is 16.3 Å². The molecule has 21 heavy (non-hydrogen) atoms. The van der Waals surface area contributed by atoms with Gasteiger partial charge in [-0.2, -0.15) is 16.1 Å². The van der Waals surface area contributed by atoms with Crippen LogP contribution in [0.4, 0.5) is 0 Å². The Labute approximate surface area is 138 Å². The Morgan fingerprint density at radius 1 is 1.38 bits per heavy atom. The van der Waals surface area contributed by atoms with Crippen LogP contribution in [-0.2, 0) is 25.7 Å². The number of thiophene rings is 1. The molecule has 1 atom stereocenters. The molecule has 0 radical (unpaired) electrons. The van der Waals surface area contributed by atoms with Crippen molar-refractivity contribution in [3.63, 3.8) is 0 Å². The molecule has 5 nitrogen and oxygen atoms in total. The fourth-order valence-electron chi connectivity index (χ4n) is 2.02. The van der Waals surface area contributed by atoms with E-state index in [2.05, 4.69) is 0 Å². The van der Waals surface area contributed by atoms with Gasteiger partial charge in [0.1, 0.15) is 5.37 Å². The minimum Gasteiger partial charge on any atom is -0.227 e. The molecule has 1 unspecified atom stereocenters. The van der Waals surface area contributed by atoms with Gasteiger partial charge in [-0.05, 0) is 6.07 Å². The van der Waals surface area contributed by atoms with Crippen molar-refractivity contribution in [1.82, 2.24) is 4.31 Å². The van der Waals surface area contributed by atoms with Crippen molar-refractivity contribution in [2.24, 2.45) is 0 Å². The van der Waals surface area contributed by atoms with Gasteiger partial charge in [-0.3, -0.25) is 0 Å². The average Bonchev–Trinajstić information content (AvgIpc) is 2.97. The second-order valence-electron chi connectivity index (χ2n) is 4.48. The summed E-state index contributed by atoms with van der Waals surface area (Å²) in [6, 6.07) is 1.52. The summed E-state index contributed by atoms with van der Waals surface area (Å²) in [6.45, 7) is 1.75. The Bertz CT molecular complexity index is 698. The fraction of sp³-hybridized carbons (Fsp3) is 0.636. The summed E-state index contributed by atoms with van der Waals surface area (Å²) in [6.07, 6.45) is 0. The molecule has 1 fully saturated rings. The SMILES string of the molecule is CCS(=O)(=O)C1CSCCN1S(=O)(=O)c1csc(CCl)c1. The van der Waals surface area contributed by atoms with Gasteiger partial charge in [-0.15, -0.1) is 22.9 Å². The highest BCUT2D eigenvalue weighted by molar-refractivity contribution is 8.01. The zero-order chi connectivity index (χ0) is 15.7. The van der Waals surface area contributed by atoms with E-state index in [0.29, 0.717) is 5.75 Å². The molecule has 0 aromatic carbocycles. The molecule has 0 amide bonds. The lowest BCUT2D eigenvalue weighted by molar-refractivity contribution is 0.404. The van der Waals surface area contributed by atoms with Gasteiger partial charge in [0.15, 0.2) is 9.84 Å². The van der Waals surface area contributed by atoms with E-state index in [1.165, 1.54) is 41.5 Å². The van der Waals surface area contributed by atoms with E-state index in [1.807, 2.05) is 0 Å². The molecule has 10 heteroatoms. The Balaban J connectivity index is 2.40. The van der Waals surface area contributed by atoms with Crippen LogP contribution < -0.4 is 0 Å². The van der Waals surface area contributed by atoms with Crippen LogP contribution in [0.5, 0.6) is 0 Å². The van der Waals surface area contributed by atoms with Gasteiger partial charge < -0.3 is 0 Å². The number of hydrogen-bond acceptors (Lipinski definition) is 6. The molecular weight excluding hydrogens is 374 g/mol. The molecule has 2 heterocycles. The third kappa shape index (κ3) is 3.59. The maximum absolute atomic E-state index is 12.7. The van der Waals surface area contributed by atoms with Crippen molar-refractivity contribution in [2.75, 3.05) is 23.8 Å². The Kier molecular flexibility index (Phi) is 5.65. The van der Waals surface area contributed by atoms with E-state index < -0.39 is 25.2 Å². The molecule has 2 rings (SSSR count). The first-order valence-electron chi connectivity index (χ1n) is 6.27. The quantitative estimate of drug-likeness (QED) is 0.720. The topological polar surface area (TPSA) is 71.5 Å². The lowest BCUT2D eigenvalue weighted by Gasteiger charge is -2.33. The smallest absolute Gasteiger partial charge is 0.227 e. The fourth-order valence-corrected chi connectivity index (χ4v) is 8.64. The second kappa shape index (κ2) is 6.76. The Morgan fingerprint density at radius 2 is 2.10 bits per heavy atom. The van der Waals surface area contributed by atoms with Crippen molar-refractivity contribution in [1.29, 1.82) is 0 Å². The summed E-state index contributed by atoms with van der Waals surface area (Å²) in [5.41, 5.74) is 0. The molecule has 1 aromatic rings. The number of nitrogens with zero attached hydrogens (tertiary/aromatic N) is 1. The third-order valence-electron chi connectivity index (χ3n) is 3.22. The summed E-state index contributed by atoms with van der Waals surface area (Å²) in [5.74, 6) is 1.05. The summed E-state index contributed by atoms with van der Waals surface area (Å²) in [5, 5.41) is 0.537. The largest absolute Gasteiger partial charge is 0.245 e.